The Hall–Kier alpha value is -2.05. The molecule has 158 valence electrons. The predicted octanol–water partition coefficient (Wildman–Crippen LogP) is 5.55. The zero-order valence-electron chi connectivity index (χ0n) is 16.6. The topological polar surface area (TPSA) is 38.1 Å². The molecule has 4 nitrogen and oxygen atoms in total. The van der Waals surface area contributed by atoms with E-state index in [0.29, 0.717) is 5.52 Å². The van der Waals surface area contributed by atoms with Crippen LogP contribution in [0.3, 0.4) is 0 Å². The third-order valence-corrected chi connectivity index (χ3v) is 6.43. The Labute approximate surface area is 169 Å². The normalized spacial score (nSPS) is 19.6. The van der Waals surface area contributed by atoms with Gasteiger partial charge in [-0.3, -0.25) is 4.79 Å². The maximum atomic E-state index is 13.6. The molecular formula is C22H28F3N3O. The van der Waals surface area contributed by atoms with Crippen LogP contribution in [0.1, 0.15) is 70.0 Å². The van der Waals surface area contributed by atoms with E-state index in [2.05, 4.69) is 4.98 Å². The summed E-state index contributed by atoms with van der Waals surface area (Å²) in [6.45, 7) is -0.303. The Morgan fingerprint density at radius 2 is 1.52 bits per heavy atom. The monoisotopic (exact) mass is 407 g/mol. The van der Waals surface area contributed by atoms with Crippen molar-refractivity contribution in [3.63, 3.8) is 0 Å². The minimum Gasteiger partial charge on any atom is -0.335 e. The summed E-state index contributed by atoms with van der Waals surface area (Å²) < 4.78 is 42.0. The van der Waals surface area contributed by atoms with Gasteiger partial charge in [-0.15, -0.1) is 0 Å². The van der Waals surface area contributed by atoms with Crippen LogP contribution in [-0.4, -0.2) is 32.4 Å². The number of hydrogen-bond donors (Lipinski definition) is 0. The first kappa shape index (κ1) is 20.2. The van der Waals surface area contributed by atoms with E-state index < -0.39 is 12.0 Å². The summed E-state index contributed by atoms with van der Waals surface area (Å²) in [5.41, 5.74) is 0.634. The van der Waals surface area contributed by atoms with Crippen LogP contribution >= 0.6 is 0 Å². The molecular weight excluding hydrogens is 379 g/mol. The molecule has 0 atom stereocenters. The number of imidazole rings is 1. The average Bonchev–Trinajstić information content (AvgIpc) is 3.09. The Bertz CT molecular complexity index is 831. The molecule has 0 radical (unpaired) electrons. The Balaban J connectivity index is 1.66. The third-order valence-electron chi connectivity index (χ3n) is 6.43. The zero-order valence-corrected chi connectivity index (χ0v) is 16.6. The second kappa shape index (κ2) is 8.36. The fraction of sp³-hybridized carbons (Fsp3) is 0.636. The molecule has 29 heavy (non-hydrogen) atoms. The predicted molar refractivity (Wildman–Crippen MR) is 105 cm³/mol. The minimum atomic E-state index is -4.60. The van der Waals surface area contributed by atoms with E-state index in [4.69, 9.17) is 0 Å². The lowest BCUT2D eigenvalue weighted by molar-refractivity contribution is -0.149. The van der Waals surface area contributed by atoms with E-state index in [1.165, 1.54) is 12.8 Å². The number of para-hydroxylation sites is 2. The molecule has 7 heteroatoms. The molecule has 1 amide bonds. The number of halogens is 3. The molecule has 4 rings (SSSR count). The highest BCUT2D eigenvalue weighted by Gasteiger charge is 2.39. The summed E-state index contributed by atoms with van der Waals surface area (Å²) in [5, 5.41) is 0. The molecule has 0 bridgehead atoms. The average molecular weight is 407 g/mol. The number of aromatic nitrogens is 2. The lowest BCUT2D eigenvalue weighted by atomic mass is 9.88. The van der Waals surface area contributed by atoms with E-state index in [0.717, 1.165) is 55.9 Å². The van der Waals surface area contributed by atoms with Gasteiger partial charge < -0.3 is 9.47 Å². The maximum absolute atomic E-state index is 13.6. The van der Waals surface area contributed by atoms with Gasteiger partial charge in [-0.25, -0.2) is 4.98 Å². The van der Waals surface area contributed by atoms with Gasteiger partial charge in [0.05, 0.1) is 11.0 Å². The first-order valence-corrected chi connectivity index (χ1v) is 10.8. The minimum absolute atomic E-state index is 0.156. The van der Waals surface area contributed by atoms with Crippen LogP contribution in [0.2, 0.25) is 0 Å². The molecule has 0 spiro atoms. The molecule has 2 saturated carbocycles. The van der Waals surface area contributed by atoms with Crippen LogP contribution in [0.15, 0.2) is 24.3 Å². The maximum Gasteiger partial charge on any atom is 0.449 e. The highest BCUT2D eigenvalue weighted by molar-refractivity contribution is 5.81. The number of fused-ring (bicyclic) bond motifs is 1. The number of alkyl halides is 3. The Morgan fingerprint density at radius 1 is 0.966 bits per heavy atom. The lowest BCUT2D eigenvalue weighted by Gasteiger charge is -2.42. The van der Waals surface area contributed by atoms with Gasteiger partial charge in [0, 0.05) is 12.1 Å². The summed E-state index contributed by atoms with van der Waals surface area (Å²) in [4.78, 5) is 19.2. The van der Waals surface area contributed by atoms with Crippen LogP contribution in [0.5, 0.6) is 0 Å². The molecule has 1 heterocycles. The van der Waals surface area contributed by atoms with E-state index in [1.807, 2.05) is 4.90 Å². The van der Waals surface area contributed by atoms with E-state index in [9.17, 15) is 18.0 Å². The molecule has 0 unspecified atom stereocenters. The first-order chi connectivity index (χ1) is 13.9. The number of hydrogen-bond acceptors (Lipinski definition) is 2. The van der Waals surface area contributed by atoms with Crippen LogP contribution < -0.4 is 0 Å². The Morgan fingerprint density at radius 3 is 2.07 bits per heavy atom. The van der Waals surface area contributed by atoms with Crippen LogP contribution in [0.25, 0.3) is 11.0 Å². The highest BCUT2D eigenvalue weighted by atomic mass is 19.4. The summed E-state index contributed by atoms with van der Waals surface area (Å²) in [5.74, 6) is -1.18. The van der Waals surface area contributed by atoms with Crippen molar-refractivity contribution in [1.82, 2.24) is 14.5 Å². The second-order valence-corrected chi connectivity index (χ2v) is 8.39. The molecule has 2 aliphatic rings. The van der Waals surface area contributed by atoms with Crippen molar-refractivity contribution in [3.8, 4) is 0 Å². The second-order valence-electron chi connectivity index (χ2n) is 8.39. The standard InChI is InChI=1S/C22H28F3N3O/c23-22(24,25)21-26-18-13-7-8-14-19(18)27(21)15-20(29)28(16-9-3-1-4-10-16)17-11-5-2-6-12-17/h7-8,13-14,16-17H,1-6,9-12,15H2. The number of amides is 1. The molecule has 0 aliphatic heterocycles. The van der Waals surface area contributed by atoms with Gasteiger partial charge in [0.2, 0.25) is 11.7 Å². The van der Waals surface area contributed by atoms with Crippen LogP contribution in [-0.2, 0) is 17.5 Å². The van der Waals surface area contributed by atoms with E-state index in [-0.39, 0.29) is 30.1 Å². The molecule has 0 saturated heterocycles. The molecule has 1 aromatic heterocycles. The van der Waals surface area contributed by atoms with Gasteiger partial charge in [0.1, 0.15) is 6.54 Å². The van der Waals surface area contributed by atoms with Gasteiger partial charge in [-0.2, -0.15) is 13.2 Å². The molecule has 2 aliphatic carbocycles. The molecule has 1 aromatic carbocycles. The van der Waals surface area contributed by atoms with Crippen molar-refractivity contribution in [2.75, 3.05) is 0 Å². The van der Waals surface area contributed by atoms with Gasteiger partial charge in [-0.05, 0) is 37.8 Å². The number of nitrogens with zero attached hydrogens (tertiary/aromatic N) is 3. The van der Waals surface area contributed by atoms with Crippen molar-refractivity contribution in [2.45, 2.75) is 89.0 Å². The van der Waals surface area contributed by atoms with Gasteiger partial charge in [-0.1, -0.05) is 50.7 Å². The fourth-order valence-electron chi connectivity index (χ4n) is 5.09. The molecule has 0 N–H and O–H groups in total. The van der Waals surface area contributed by atoms with Crippen molar-refractivity contribution >= 4 is 16.9 Å². The van der Waals surface area contributed by atoms with Crippen LogP contribution in [0, 0.1) is 0 Å². The highest BCUT2D eigenvalue weighted by Crippen LogP contribution is 2.33. The Kier molecular flexibility index (Phi) is 5.83. The summed E-state index contributed by atoms with van der Waals surface area (Å²) in [7, 11) is 0. The van der Waals surface area contributed by atoms with Gasteiger partial charge >= 0.3 is 6.18 Å². The smallest absolute Gasteiger partial charge is 0.335 e. The van der Waals surface area contributed by atoms with Crippen LogP contribution in [0.4, 0.5) is 13.2 Å². The largest absolute Gasteiger partial charge is 0.449 e. The van der Waals surface area contributed by atoms with E-state index >= 15 is 0 Å². The van der Waals surface area contributed by atoms with Crippen molar-refractivity contribution < 1.29 is 18.0 Å². The van der Waals surface area contributed by atoms with Crippen molar-refractivity contribution in [3.05, 3.63) is 30.1 Å². The van der Waals surface area contributed by atoms with Crippen molar-refractivity contribution in [1.29, 1.82) is 0 Å². The number of benzene rings is 1. The summed E-state index contributed by atoms with van der Waals surface area (Å²) >= 11 is 0. The van der Waals surface area contributed by atoms with Gasteiger partial charge in [0.15, 0.2) is 0 Å². The molecule has 2 aromatic rings. The number of rotatable bonds is 4. The summed E-state index contributed by atoms with van der Waals surface area (Å²) in [6.07, 6.45) is 5.93. The number of carbonyl (C=O) groups excluding carboxylic acids is 1. The van der Waals surface area contributed by atoms with Crippen molar-refractivity contribution in [2.24, 2.45) is 0 Å². The fourth-order valence-corrected chi connectivity index (χ4v) is 5.09. The SMILES string of the molecule is O=C(Cn1c(C(F)(F)F)nc2ccccc21)N(C1CCCCC1)C1CCCCC1. The third kappa shape index (κ3) is 4.28. The van der Waals surface area contributed by atoms with Gasteiger partial charge in [0.25, 0.3) is 0 Å². The van der Waals surface area contributed by atoms with E-state index in [1.54, 1.807) is 24.3 Å². The zero-order chi connectivity index (χ0) is 20.4. The lowest BCUT2D eigenvalue weighted by Crippen LogP contribution is -2.50. The molecule has 2 fully saturated rings. The number of carbonyl (C=O) groups is 1. The quantitative estimate of drug-likeness (QED) is 0.667. The summed E-state index contributed by atoms with van der Waals surface area (Å²) in [6, 6.07) is 6.83. The first-order valence-electron chi connectivity index (χ1n) is 10.8.